The van der Waals surface area contributed by atoms with Gasteiger partial charge in [-0.15, -0.1) is 0 Å². The first-order valence-corrected chi connectivity index (χ1v) is 6.53. The van der Waals surface area contributed by atoms with Crippen molar-refractivity contribution in [2.75, 3.05) is 13.7 Å². The van der Waals surface area contributed by atoms with Gasteiger partial charge in [0, 0.05) is 5.54 Å². The van der Waals surface area contributed by atoms with Crippen LogP contribution in [0, 0.1) is 13.8 Å². The van der Waals surface area contributed by atoms with Crippen LogP contribution in [0.25, 0.3) is 0 Å². The highest BCUT2D eigenvalue weighted by molar-refractivity contribution is 5.45. The van der Waals surface area contributed by atoms with Gasteiger partial charge in [-0.25, -0.2) is 0 Å². The van der Waals surface area contributed by atoms with Crippen molar-refractivity contribution in [2.24, 2.45) is 0 Å². The SMILES string of the molecule is CCC1(c2cc(C)c(OC)cc2C)CCCN1. The van der Waals surface area contributed by atoms with Crippen molar-refractivity contribution < 1.29 is 4.74 Å². The largest absolute Gasteiger partial charge is 0.496 e. The molecule has 1 aliphatic rings. The van der Waals surface area contributed by atoms with Crippen LogP contribution in [0.1, 0.15) is 42.9 Å². The van der Waals surface area contributed by atoms with Crippen molar-refractivity contribution in [2.45, 2.75) is 45.6 Å². The summed E-state index contributed by atoms with van der Waals surface area (Å²) in [4.78, 5) is 0. The fraction of sp³-hybridized carbons (Fsp3) is 0.600. The third kappa shape index (κ3) is 2.06. The van der Waals surface area contributed by atoms with Gasteiger partial charge in [-0.05, 0) is 62.4 Å². The number of nitrogens with one attached hydrogen (secondary N) is 1. The maximum Gasteiger partial charge on any atom is 0.122 e. The molecule has 1 aromatic carbocycles. The van der Waals surface area contributed by atoms with Crippen molar-refractivity contribution in [3.05, 3.63) is 28.8 Å². The van der Waals surface area contributed by atoms with E-state index in [0.717, 1.165) is 18.7 Å². The number of aryl methyl sites for hydroxylation is 2. The van der Waals surface area contributed by atoms with E-state index in [2.05, 4.69) is 38.2 Å². The fourth-order valence-electron chi connectivity index (χ4n) is 3.05. The highest BCUT2D eigenvalue weighted by Crippen LogP contribution is 2.38. The third-order valence-electron chi connectivity index (χ3n) is 4.10. The van der Waals surface area contributed by atoms with Gasteiger partial charge in [0.2, 0.25) is 0 Å². The lowest BCUT2D eigenvalue weighted by molar-refractivity contribution is 0.371. The molecule has 0 bridgehead atoms. The minimum Gasteiger partial charge on any atom is -0.496 e. The lowest BCUT2D eigenvalue weighted by Gasteiger charge is -2.31. The Hall–Kier alpha value is -1.02. The van der Waals surface area contributed by atoms with Gasteiger partial charge in [0.05, 0.1) is 7.11 Å². The Labute approximate surface area is 104 Å². The zero-order valence-corrected chi connectivity index (χ0v) is 11.4. The first-order valence-electron chi connectivity index (χ1n) is 6.53. The van der Waals surface area contributed by atoms with Crippen LogP contribution in [0.5, 0.6) is 5.75 Å². The summed E-state index contributed by atoms with van der Waals surface area (Å²) in [6.07, 6.45) is 3.67. The van der Waals surface area contributed by atoms with E-state index in [4.69, 9.17) is 4.74 Å². The maximum absolute atomic E-state index is 5.39. The van der Waals surface area contributed by atoms with Crippen molar-refractivity contribution in [1.82, 2.24) is 5.32 Å². The molecule has 0 aliphatic carbocycles. The fourth-order valence-corrected chi connectivity index (χ4v) is 3.05. The molecule has 0 spiro atoms. The van der Waals surface area contributed by atoms with Gasteiger partial charge in [-0.3, -0.25) is 0 Å². The number of ether oxygens (including phenoxy) is 1. The summed E-state index contributed by atoms with van der Waals surface area (Å²) in [5, 5.41) is 3.70. The molecule has 2 heteroatoms. The Kier molecular flexibility index (Phi) is 3.43. The third-order valence-corrected chi connectivity index (χ3v) is 4.10. The molecule has 1 atom stereocenters. The minimum atomic E-state index is 0.196. The Morgan fingerprint density at radius 1 is 1.29 bits per heavy atom. The summed E-state index contributed by atoms with van der Waals surface area (Å²) in [7, 11) is 1.74. The molecule has 1 heterocycles. The molecular weight excluding hydrogens is 210 g/mol. The first kappa shape index (κ1) is 12.4. The zero-order valence-electron chi connectivity index (χ0n) is 11.4. The number of benzene rings is 1. The summed E-state index contributed by atoms with van der Waals surface area (Å²) >= 11 is 0. The second-order valence-corrected chi connectivity index (χ2v) is 5.10. The first-order chi connectivity index (χ1) is 8.13. The van der Waals surface area contributed by atoms with Gasteiger partial charge in [0.15, 0.2) is 0 Å². The second kappa shape index (κ2) is 4.69. The van der Waals surface area contributed by atoms with E-state index in [9.17, 15) is 0 Å². The van der Waals surface area contributed by atoms with Gasteiger partial charge in [-0.2, -0.15) is 0 Å². The summed E-state index contributed by atoms with van der Waals surface area (Å²) in [6, 6.07) is 4.47. The molecule has 0 aromatic heterocycles. The summed E-state index contributed by atoms with van der Waals surface area (Å²) in [5.41, 5.74) is 4.22. The molecule has 1 fully saturated rings. The molecule has 17 heavy (non-hydrogen) atoms. The standard InChI is InChI=1S/C15H23NO/c1-5-15(7-6-8-16-15)13-9-12(3)14(17-4)10-11(13)2/h9-10,16H,5-8H2,1-4H3. The molecule has 0 amide bonds. The topological polar surface area (TPSA) is 21.3 Å². The molecule has 1 aromatic rings. The van der Waals surface area contributed by atoms with Crippen molar-refractivity contribution in [3.63, 3.8) is 0 Å². The van der Waals surface area contributed by atoms with Gasteiger partial charge < -0.3 is 10.1 Å². The molecule has 2 rings (SSSR count). The zero-order chi connectivity index (χ0) is 12.5. The maximum atomic E-state index is 5.39. The lowest BCUT2D eigenvalue weighted by Crippen LogP contribution is -2.36. The van der Waals surface area contributed by atoms with Crippen LogP contribution >= 0.6 is 0 Å². The highest BCUT2D eigenvalue weighted by Gasteiger charge is 2.34. The van der Waals surface area contributed by atoms with E-state index in [1.54, 1.807) is 7.11 Å². The Morgan fingerprint density at radius 2 is 2.06 bits per heavy atom. The van der Waals surface area contributed by atoms with E-state index < -0.39 is 0 Å². The summed E-state index contributed by atoms with van der Waals surface area (Å²) < 4.78 is 5.39. The van der Waals surface area contributed by atoms with Gasteiger partial charge >= 0.3 is 0 Å². The summed E-state index contributed by atoms with van der Waals surface area (Å²) in [5.74, 6) is 0.996. The van der Waals surface area contributed by atoms with Crippen LogP contribution in [0.15, 0.2) is 12.1 Å². The van der Waals surface area contributed by atoms with Crippen LogP contribution < -0.4 is 10.1 Å². The quantitative estimate of drug-likeness (QED) is 0.865. The predicted molar refractivity (Wildman–Crippen MR) is 71.7 cm³/mol. The highest BCUT2D eigenvalue weighted by atomic mass is 16.5. The van der Waals surface area contributed by atoms with Crippen LogP contribution in [0.4, 0.5) is 0 Å². The average Bonchev–Trinajstić information content (AvgIpc) is 2.81. The van der Waals surface area contributed by atoms with Gasteiger partial charge in [0.1, 0.15) is 5.75 Å². The Balaban J connectivity index is 2.47. The summed E-state index contributed by atoms with van der Waals surface area (Å²) in [6.45, 7) is 7.73. The van der Waals surface area contributed by atoms with Gasteiger partial charge in [-0.1, -0.05) is 13.0 Å². The molecule has 1 aliphatic heterocycles. The van der Waals surface area contributed by atoms with E-state index in [-0.39, 0.29) is 5.54 Å². The number of hydrogen-bond donors (Lipinski definition) is 1. The molecular formula is C15H23NO. The van der Waals surface area contributed by atoms with Crippen LogP contribution in [0.2, 0.25) is 0 Å². The lowest BCUT2D eigenvalue weighted by atomic mass is 9.82. The number of rotatable bonds is 3. The van der Waals surface area contributed by atoms with Crippen LogP contribution in [0.3, 0.4) is 0 Å². The molecule has 94 valence electrons. The normalized spacial score (nSPS) is 24.0. The van der Waals surface area contributed by atoms with E-state index in [1.165, 1.54) is 29.5 Å². The smallest absolute Gasteiger partial charge is 0.122 e. The van der Waals surface area contributed by atoms with Crippen molar-refractivity contribution >= 4 is 0 Å². The molecule has 1 N–H and O–H groups in total. The molecule has 1 unspecified atom stereocenters. The molecule has 0 saturated carbocycles. The second-order valence-electron chi connectivity index (χ2n) is 5.10. The molecule has 2 nitrogen and oxygen atoms in total. The number of methoxy groups -OCH3 is 1. The van der Waals surface area contributed by atoms with Crippen LogP contribution in [-0.4, -0.2) is 13.7 Å². The number of hydrogen-bond acceptors (Lipinski definition) is 2. The average molecular weight is 233 g/mol. The Morgan fingerprint density at radius 3 is 2.59 bits per heavy atom. The van der Waals surface area contributed by atoms with E-state index in [1.807, 2.05) is 0 Å². The monoisotopic (exact) mass is 233 g/mol. The molecule has 0 radical (unpaired) electrons. The van der Waals surface area contributed by atoms with E-state index in [0.29, 0.717) is 0 Å². The Bertz CT molecular complexity index is 406. The predicted octanol–water partition coefficient (Wildman–Crippen LogP) is 3.30. The van der Waals surface area contributed by atoms with E-state index >= 15 is 0 Å². The van der Waals surface area contributed by atoms with Crippen molar-refractivity contribution in [1.29, 1.82) is 0 Å². The minimum absolute atomic E-state index is 0.196. The molecule has 1 saturated heterocycles. The van der Waals surface area contributed by atoms with Gasteiger partial charge in [0.25, 0.3) is 0 Å². The van der Waals surface area contributed by atoms with Crippen LogP contribution in [-0.2, 0) is 5.54 Å². The van der Waals surface area contributed by atoms with Crippen molar-refractivity contribution in [3.8, 4) is 5.75 Å².